The van der Waals surface area contributed by atoms with E-state index >= 15 is 0 Å². The second kappa shape index (κ2) is 9.60. The third kappa shape index (κ3) is 5.21. The average molecular weight is 431 g/mol. The molecule has 0 saturated carbocycles. The van der Waals surface area contributed by atoms with Gasteiger partial charge in [0, 0.05) is 30.0 Å². The molecule has 1 aliphatic rings. The van der Waals surface area contributed by atoms with Gasteiger partial charge in [0.1, 0.15) is 0 Å². The third-order valence-electron chi connectivity index (χ3n) is 6.54. The molecule has 1 unspecified atom stereocenters. The Morgan fingerprint density at radius 2 is 1.72 bits per heavy atom. The Morgan fingerprint density at radius 1 is 1.06 bits per heavy atom. The van der Waals surface area contributed by atoms with E-state index < -0.39 is 0 Å². The molecule has 0 bridgehead atoms. The van der Waals surface area contributed by atoms with Crippen molar-refractivity contribution in [2.45, 2.75) is 53.1 Å². The summed E-state index contributed by atoms with van der Waals surface area (Å²) in [6, 6.07) is 18.5. The molecule has 2 heterocycles. The van der Waals surface area contributed by atoms with E-state index in [0.717, 1.165) is 41.5 Å². The number of aryl methyl sites for hydroxylation is 2. The molecule has 0 spiro atoms. The summed E-state index contributed by atoms with van der Waals surface area (Å²) in [7, 11) is 0. The number of rotatable bonds is 6. The van der Waals surface area contributed by atoms with Crippen LogP contribution in [-0.4, -0.2) is 28.8 Å². The number of hydrogen-bond donors (Lipinski definition) is 1. The van der Waals surface area contributed by atoms with Crippen molar-refractivity contribution in [3.63, 3.8) is 0 Å². The van der Waals surface area contributed by atoms with E-state index in [1.165, 1.54) is 18.5 Å². The van der Waals surface area contributed by atoms with E-state index in [1.54, 1.807) is 0 Å². The smallest absolute Gasteiger partial charge is 0.251 e. The molecule has 1 N–H and O–H groups in total. The van der Waals surface area contributed by atoms with E-state index in [1.807, 2.05) is 42.8 Å². The minimum atomic E-state index is -0.0516. The van der Waals surface area contributed by atoms with Gasteiger partial charge < -0.3 is 10.2 Å². The van der Waals surface area contributed by atoms with Crippen LogP contribution in [0.4, 0.5) is 5.69 Å². The molecule has 1 aliphatic heterocycles. The normalized spacial score (nSPS) is 15.6. The number of aromatic nitrogens is 2. The van der Waals surface area contributed by atoms with Gasteiger partial charge in [0.15, 0.2) is 0 Å². The summed E-state index contributed by atoms with van der Waals surface area (Å²) < 4.78 is 1.99. The van der Waals surface area contributed by atoms with Crippen molar-refractivity contribution < 1.29 is 4.79 Å². The molecule has 3 aromatic rings. The van der Waals surface area contributed by atoms with Gasteiger partial charge in [-0.15, -0.1) is 0 Å². The van der Waals surface area contributed by atoms with Crippen LogP contribution in [0.15, 0.2) is 54.6 Å². The van der Waals surface area contributed by atoms with Crippen LogP contribution in [0.5, 0.6) is 0 Å². The summed E-state index contributed by atoms with van der Waals surface area (Å²) in [5, 5.41) is 7.64. The predicted molar refractivity (Wildman–Crippen MR) is 130 cm³/mol. The topological polar surface area (TPSA) is 50.2 Å². The van der Waals surface area contributed by atoms with E-state index in [2.05, 4.69) is 59.5 Å². The van der Waals surface area contributed by atoms with Gasteiger partial charge in [-0.1, -0.05) is 31.2 Å². The van der Waals surface area contributed by atoms with Crippen LogP contribution < -0.4 is 10.2 Å². The second-order valence-corrected chi connectivity index (χ2v) is 9.24. The Kier molecular flexibility index (Phi) is 6.63. The fourth-order valence-electron chi connectivity index (χ4n) is 4.37. The number of anilines is 1. The lowest BCUT2D eigenvalue weighted by Crippen LogP contribution is -2.32. The van der Waals surface area contributed by atoms with Gasteiger partial charge in [0.2, 0.25) is 0 Å². The highest BCUT2D eigenvalue weighted by Crippen LogP contribution is 2.24. The van der Waals surface area contributed by atoms with E-state index in [-0.39, 0.29) is 11.9 Å². The summed E-state index contributed by atoms with van der Waals surface area (Å²) >= 11 is 0. The number of hydrogen-bond acceptors (Lipinski definition) is 3. The molecule has 4 rings (SSSR count). The summed E-state index contributed by atoms with van der Waals surface area (Å²) in [4.78, 5) is 15.2. The zero-order chi connectivity index (χ0) is 22.7. The molecule has 1 amide bonds. The SMILES string of the molecule is Cc1cc(C)n(Cc2ccc(C(=O)NC(C)c3ccc(N4CCC(C)CC4)cc3)cc2)n1. The maximum absolute atomic E-state index is 12.8. The lowest BCUT2D eigenvalue weighted by atomic mass is 9.98. The molecule has 168 valence electrons. The lowest BCUT2D eigenvalue weighted by molar-refractivity contribution is 0.0940. The predicted octanol–water partition coefficient (Wildman–Crippen LogP) is 5.28. The maximum Gasteiger partial charge on any atom is 0.251 e. The number of piperidine rings is 1. The van der Waals surface area contributed by atoms with E-state index in [4.69, 9.17) is 0 Å². The van der Waals surface area contributed by atoms with Crippen LogP contribution >= 0.6 is 0 Å². The van der Waals surface area contributed by atoms with Crippen molar-refractivity contribution in [1.82, 2.24) is 15.1 Å². The van der Waals surface area contributed by atoms with E-state index in [0.29, 0.717) is 12.1 Å². The first-order valence-electron chi connectivity index (χ1n) is 11.6. The van der Waals surface area contributed by atoms with Crippen molar-refractivity contribution in [1.29, 1.82) is 0 Å². The molecule has 1 saturated heterocycles. The molecule has 1 aromatic heterocycles. The Bertz CT molecular complexity index is 1040. The molecule has 5 heteroatoms. The Labute approximate surface area is 191 Å². The quantitative estimate of drug-likeness (QED) is 0.579. The lowest BCUT2D eigenvalue weighted by Gasteiger charge is -2.32. The molecule has 1 atom stereocenters. The Morgan fingerprint density at radius 3 is 2.31 bits per heavy atom. The highest BCUT2D eigenvalue weighted by Gasteiger charge is 2.17. The van der Waals surface area contributed by atoms with Crippen LogP contribution in [0.25, 0.3) is 0 Å². The minimum Gasteiger partial charge on any atom is -0.372 e. The fraction of sp³-hybridized carbons (Fsp3) is 0.407. The number of nitrogens with zero attached hydrogens (tertiary/aromatic N) is 3. The molecule has 2 aromatic carbocycles. The van der Waals surface area contributed by atoms with Gasteiger partial charge in [-0.25, -0.2) is 0 Å². The maximum atomic E-state index is 12.8. The molecular formula is C27H34N4O. The largest absolute Gasteiger partial charge is 0.372 e. The molecule has 32 heavy (non-hydrogen) atoms. The van der Waals surface area contributed by atoms with Crippen molar-refractivity contribution in [3.05, 3.63) is 82.7 Å². The zero-order valence-electron chi connectivity index (χ0n) is 19.6. The fourth-order valence-corrected chi connectivity index (χ4v) is 4.37. The van der Waals surface area contributed by atoms with Gasteiger partial charge in [-0.3, -0.25) is 9.48 Å². The van der Waals surface area contributed by atoms with E-state index in [9.17, 15) is 4.79 Å². The minimum absolute atomic E-state index is 0.0488. The summed E-state index contributed by atoms with van der Waals surface area (Å²) in [6.45, 7) is 11.4. The first-order valence-corrected chi connectivity index (χ1v) is 11.6. The number of amides is 1. The summed E-state index contributed by atoms with van der Waals surface area (Å²) in [5.74, 6) is 0.776. The second-order valence-electron chi connectivity index (χ2n) is 9.24. The van der Waals surface area contributed by atoms with Gasteiger partial charge in [0.25, 0.3) is 5.91 Å². The highest BCUT2D eigenvalue weighted by atomic mass is 16.1. The Balaban J connectivity index is 1.34. The van der Waals surface area contributed by atoms with Crippen molar-refractivity contribution in [2.75, 3.05) is 18.0 Å². The van der Waals surface area contributed by atoms with Crippen LogP contribution in [0.1, 0.15) is 65.6 Å². The molecule has 0 radical (unpaired) electrons. The molecule has 5 nitrogen and oxygen atoms in total. The first-order chi connectivity index (χ1) is 15.4. The summed E-state index contributed by atoms with van der Waals surface area (Å²) in [5.41, 5.74) is 6.35. The number of nitrogens with one attached hydrogen (secondary N) is 1. The first kappa shape index (κ1) is 22.1. The van der Waals surface area contributed by atoms with Gasteiger partial charge in [-0.2, -0.15) is 5.10 Å². The monoisotopic (exact) mass is 430 g/mol. The van der Waals surface area contributed by atoms with Crippen molar-refractivity contribution >= 4 is 11.6 Å². The number of carbonyl (C=O) groups is 1. The van der Waals surface area contributed by atoms with Gasteiger partial charge in [-0.05, 0) is 81.0 Å². The van der Waals surface area contributed by atoms with Crippen LogP contribution in [0.3, 0.4) is 0 Å². The Hall–Kier alpha value is -3.08. The van der Waals surface area contributed by atoms with Gasteiger partial charge in [0.05, 0.1) is 18.3 Å². The molecular weight excluding hydrogens is 396 g/mol. The van der Waals surface area contributed by atoms with Crippen LogP contribution in [0.2, 0.25) is 0 Å². The van der Waals surface area contributed by atoms with Crippen LogP contribution in [-0.2, 0) is 6.54 Å². The highest BCUT2D eigenvalue weighted by molar-refractivity contribution is 5.94. The summed E-state index contributed by atoms with van der Waals surface area (Å²) in [6.07, 6.45) is 2.52. The molecule has 0 aliphatic carbocycles. The zero-order valence-corrected chi connectivity index (χ0v) is 19.6. The standard InChI is InChI=1S/C27H34N4O/c1-19-13-15-30(16-14-19)26-11-9-24(10-12-26)22(4)28-27(32)25-7-5-23(6-8-25)18-31-21(3)17-20(2)29-31/h5-12,17,19,22H,13-16,18H2,1-4H3,(H,28,32). The van der Waals surface area contributed by atoms with Gasteiger partial charge >= 0.3 is 0 Å². The number of benzene rings is 2. The van der Waals surface area contributed by atoms with Crippen molar-refractivity contribution in [3.8, 4) is 0 Å². The van der Waals surface area contributed by atoms with Crippen LogP contribution in [0, 0.1) is 19.8 Å². The molecule has 1 fully saturated rings. The third-order valence-corrected chi connectivity index (χ3v) is 6.54. The van der Waals surface area contributed by atoms with Crippen molar-refractivity contribution in [2.24, 2.45) is 5.92 Å². The number of carbonyl (C=O) groups excluding carboxylic acids is 1. The average Bonchev–Trinajstić information content (AvgIpc) is 3.11.